The van der Waals surface area contributed by atoms with Crippen molar-refractivity contribution in [3.05, 3.63) is 52.5 Å². The highest BCUT2D eigenvalue weighted by atomic mass is 35.5. The molecular weight excluding hydrogens is 492 g/mol. The van der Waals surface area contributed by atoms with Crippen molar-refractivity contribution in [2.45, 2.75) is 14.4 Å². The first-order valence-corrected chi connectivity index (χ1v) is 12.3. The van der Waals surface area contributed by atoms with Crippen LogP contribution in [0.25, 0.3) is 0 Å². The standard InChI is InChI=1S/C20H19ClN4O4S3/c1-28-15-7-13(8-16(29-2)18(15)27)9-22-23-17(26)11-31-20-25-24-19(32-20)30-10-12-3-5-14(21)6-4-12/h3-9,27H,10-11H2,1-2H3,(H,23,26)/b22-9+. The fraction of sp³-hybridized carbons (Fsp3) is 0.200. The SMILES string of the molecule is COc1cc(/C=N/NC(=O)CSc2nnc(SCc3ccc(Cl)cc3)s2)cc(OC)c1O. The highest BCUT2D eigenvalue weighted by Gasteiger charge is 2.11. The van der Waals surface area contributed by atoms with Crippen molar-refractivity contribution >= 4 is 58.6 Å². The first-order valence-electron chi connectivity index (χ1n) is 9.09. The largest absolute Gasteiger partial charge is 0.502 e. The second-order valence-electron chi connectivity index (χ2n) is 6.10. The van der Waals surface area contributed by atoms with Crippen molar-refractivity contribution in [3.8, 4) is 17.2 Å². The molecule has 3 rings (SSSR count). The van der Waals surface area contributed by atoms with E-state index in [9.17, 15) is 9.90 Å². The molecule has 32 heavy (non-hydrogen) atoms. The fourth-order valence-corrected chi connectivity index (χ4v) is 5.26. The molecule has 8 nitrogen and oxygen atoms in total. The van der Waals surface area contributed by atoms with Crippen LogP contribution in [0.15, 0.2) is 50.2 Å². The zero-order valence-electron chi connectivity index (χ0n) is 17.1. The minimum atomic E-state index is -0.283. The third-order valence-corrected chi connectivity index (χ3v) is 7.41. The molecule has 12 heteroatoms. The number of rotatable bonds is 10. The van der Waals surface area contributed by atoms with Gasteiger partial charge in [0, 0.05) is 16.3 Å². The van der Waals surface area contributed by atoms with E-state index in [2.05, 4.69) is 20.7 Å². The number of hydrazone groups is 1. The lowest BCUT2D eigenvalue weighted by atomic mass is 10.2. The molecule has 168 valence electrons. The van der Waals surface area contributed by atoms with Crippen molar-refractivity contribution in [2.24, 2.45) is 5.10 Å². The molecule has 3 aromatic rings. The van der Waals surface area contributed by atoms with Crippen LogP contribution < -0.4 is 14.9 Å². The van der Waals surface area contributed by atoms with Crippen molar-refractivity contribution in [1.29, 1.82) is 0 Å². The number of nitrogens with one attached hydrogen (secondary N) is 1. The molecule has 0 aliphatic carbocycles. The first kappa shape index (κ1) is 24.2. The van der Waals surface area contributed by atoms with Gasteiger partial charge in [-0.05, 0) is 29.8 Å². The number of benzene rings is 2. The Labute approximate surface area is 202 Å². The normalized spacial score (nSPS) is 11.0. The second-order valence-corrected chi connectivity index (χ2v) is 9.96. The van der Waals surface area contributed by atoms with E-state index in [4.69, 9.17) is 21.1 Å². The quantitative estimate of drug-likeness (QED) is 0.234. The Morgan fingerprint density at radius 3 is 2.41 bits per heavy atom. The molecule has 1 amide bonds. The minimum absolute atomic E-state index is 0.102. The monoisotopic (exact) mass is 510 g/mol. The van der Waals surface area contributed by atoms with E-state index in [-0.39, 0.29) is 28.9 Å². The summed E-state index contributed by atoms with van der Waals surface area (Å²) in [7, 11) is 2.87. The number of amides is 1. The second kappa shape index (κ2) is 12.0. The summed E-state index contributed by atoms with van der Waals surface area (Å²) in [6.45, 7) is 0. The van der Waals surface area contributed by atoms with E-state index in [0.717, 1.165) is 15.7 Å². The van der Waals surface area contributed by atoms with E-state index in [0.29, 0.717) is 14.9 Å². The van der Waals surface area contributed by atoms with Gasteiger partial charge in [-0.25, -0.2) is 5.43 Å². The Hall–Kier alpha value is -2.47. The summed E-state index contributed by atoms with van der Waals surface area (Å²) in [5, 5.41) is 22.8. The molecule has 0 atom stereocenters. The van der Waals surface area contributed by atoms with Gasteiger partial charge in [-0.3, -0.25) is 4.79 Å². The van der Waals surface area contributed by atoms with Crippen LogP contribution in [0, 0.1) is 0 Å². The molecular formula is C20H19ClN4O4S3. The van der Waals surface area contributed by atoms with Crippen LogP contribution in [0.2, 0.25) is 5.02 Å². The number of thioether (sulfide) groups is 2. The number of phenols is 1. The maximum atomic E-state index is 12.1. The molecule has 0 aliphatic rings. The smallest absolute Gasteiger partial charge is 0.250 e. The Balaban J connectivity index is 1.45. The lowest BCUT2D eigenvalue weighted by Crippen LogP contribution is -2.19. The predicted octanol–water partition coefficient (Wildman–Crippen LogP) is 4.45. The van der Waals surface area contributed by atoms with E-state index >= 15 is 0 Å². The number of nitrogens with zero attached hydrogens (tertiary/aromatic N) is 3. The minimum Gasteiger partial charge on any atom is -0.502 e. The van der Waals surface area contributed by atoms with E-state index in [1.807, 2.05) is 24.3 Å². The fourth-order valence-electron chi connectivity index (χ4n) is 2.37. The highest BCUT2D eigenvalue weighted by molar-refractivity contribution is 8.03. The third-order valence-electron chi connectivity index (χ3n) is 3.90. The van der Waals surface area contributed by atoms with Gasteiger partial charge in [0.1, 0.15) is 0 Å². The van der Waals surface area contributed by atoms with Gasteiger partial charge in [0.15, 0.2) is 20.2 Å². The molecule has 0 bridgehead atoms. The molecule has 0 unspecified atom stereocenters. The average Bonchev–Trinajstić information content (AvgIpc) is 3.26. The van der Waals surface area contributed by atoms with Gasteiger partial charge in [-0.15, -0.1) is 10.2 Å². The summed E-state index contributed by atoms with van der Waals surface area (Å²) >= 11 is 10.2. The van der Waals surface area contributed by atoms with Gasteiger partial charge in [-0.1, -0.05) is 58.6 Å². The Kier molecular flexibility index (Phi) is 9.03. The number of methoxy groups -OCH3 is 2. The van der Waals surface area contributed by atoms with Crippen LogP contribution in [0.3, 0.4) is 0 Å². The molecule has 0 saturated carbocycles. The topological polar surface area (TPSA) is 106 Å². The van der Waals surface area contributed by atoms with Gasteiger partial charge in [-0.2, -0.15) is 5.10 Å². The molecule has 0 saturated heterocycles. The van der Waals surface area contributed by atoms with Crippen molar-refractivity contribution < 1.29 is 19.4 Å². The lowest BCUT2D eigenvalue weighted by Gasteiger charge is -2.09. The maximum Gasteiger partial charge on any atom is 0.250 e. The molecule has 0 radical (unpaired) electrons. The summed E-state index contributed by atoms with van der Waals surface area (Å²) in [5.74, 6) is 1.02. The van der Waals surface area contributed by atoms with Crippen LogP contribution in [-0.4, -0.2) is 47.4 Å². The summed E-state index contributed by atoms with van der Waals surface area (Å²) in [6.07, 6.45) is 1.43. The van der Waals surface area contributed by atoms with Gasteiger partial charge < -0.3 is 14.6 Å². The summed E-state index contributed by atoms with van der Waals surface area (Å²) in [4.78, 5) is 12.1. The Bertz CT molecular complexity index is 1070. The predicted molar refractivity (Wildman–Crippen MR) is 129 cm³/mol. The van der Waals surface area contributed by atoms with Crippen LogP contribution in [0.4, 0.5) is 0 Å². The number of ether oxygens (including phenoxy) is 2. The maximum absolute atomic E-state index is 12.1. The van der Waals surface area contributed by atoms with Gasteiger partial charge in [0.2, 0.25) is 5.75 Å². The van der Waals surface area contributed by atoms with Crippen molar-refractivity contribution in [1.82, 2.24) is 15.6 Å². The molecule has 2 aromatic carbocycles. The summed E-state index contributed by atoms with van der Waals surface area (Å²) < 4.78 is 11.7. The van der Waals surface area contributed by atoms with Crippen LogP contribution in [0.1, 0.15) is 11.1 Å². The molecule has 2 N–H and O–H groups in total. The molecule has 0 fully saturated rings. The first-order chi connectivity index (χ1) is 15.5. The van der Waals surface area contributed by atoms with Crippen molar-refractivity contribution in [3.63, 3.8) is 0 Å². The number of hydrogen-bond acceptors (Lipinski definition) is 10. The van der Waals surface area contributed by atoms with E-state index in [1.165, 1.54) is 43.5 Å². The van der Waals surface area contributed by atoms with Gasteiger partial charge >= 0.3 is 0 Å². The van der Waals surface area contributed by atoms with Crippen LogP contribution in [0.5, 0.6) is 17.2 Å². The lowest BCUT2D eigenvalue weighted by molar-refractivity contribution is -0.118. The van der Waals surface area contributed by atoms with Crippen molar-refractivity contribution in [2.75, 3.05) is 20.0 Å². The van der Waals surface area contributed by atoms with Crippen LogP contribution >= 0.6 is 46.5 Å². The number of carbonyl (C=O) groups is 1. The summed E-state index contributed by atoms with van der Waals surface area (Å²) in [6, 6.07) is 10.8. The number of halogens is 1. The third kappa shape index (κ3) is 7.02. The summed E-state index contributed by atoms with van der Waals surface area (Å²) in [5.41, 5.74) is 4.19. The molecule has 1 heterocycles. The Morgan fingerprint density at radius 2 is 1.78 bits per heavy atom. The van der Waals surface area contributed by atoms with Crippen LogP contribution in [-0.2, 0) is 10.5 Å². The molecule has 0 aliphatic heterocycles. The zero-order chi connectivity index (χ0) is 22.9. The number of aromatic hydroxyl groups is 1. The van der Waals surface area contributed by atoms with E-state index < -0.39 is 0 Å². The zero-order valence-corrected chi connectivity index (χ0v) is 20.3. The number of hydrogen-bond donors (Lipinski definition) is 2. The number of phenolic OH excluding ortho intramolecular Hbond substituents is 1. The van der Waals surface area contributed by atoms with Gasteiger partial charge in [0.05, 0.1) is 26.2 Å². The van der Waals surface area contributed by atoms with E-state index in [1.54, 1.807) is 23.9 Å². The van der Waals surface area contributed by atoms with Gasteiger partial charge in [0.25, 0.3) is 5.91 Å². The highest BCUT2D eigenvalue weighted by Crippen LogP contribution is 2.36. The molecule has 1 aromatic heterocycles. The Morgan fingerprint density at radius 1 is 1.16 bits per heavy atom. The molecule has 0 spiro atoms. The number of carbonyl (C=O) groups excluding carboxylic acids is 1. The average molecular weight is 511 g/mol. The number of aromatic nitrogens is 2.